The number of carbonyl (C=O) groups excluding carboxylic acids is 3. The van der Waals surface area contributed by atoms with Crippen LogP contribution in [-0.4, -0.2) is 40.6 Å². The summed E-state index contributed by atoms with van der Waals surface area (Å²) in [7, 11) is 0. The quantitative estimate of drug-likeness (QED) is 0.202. The first kappa shape index (κ1) is 32.9. The van der Waals surface area contributed by atoms with E-state index in [2.05, 4.69) is 10.2 Å². The number of carbonyl (C=O) groups is 3. The number of nitrogens with zero attached hydrogens (tertiary/aromatic N) is 3. The minimum Gasteiger partial charge on any atom is -0.372 e. The highest BCUT2D eigenvalue weighted by Gasteiger charge is 2.57. The van der Waals surface area contributed by atoms with Crippen LogP contribution < -0.4 is 20.0 Å². The van der Waals surface area contributed by atoms with Crippen molar-refractivity contribution in [3.05, 3.63) is 103 Å². The van der Waals surface area contributed by atoms with Gasteiger partial charge in [0.25, 0.3) is 0 Å². The number of amides is 3. The molecule has 2 aliphatic heterocycles. The first-order valence-electron chi connectivity index (χ1n) is 14.8. The zero-order valence-corrected chi connectivity index (χ0v) is 27.5. The Balaban J connectivity index is 1.41. The Hall–Kier alpha value is -4.07. The van der Waals surface area contributed by atoms with E-state index in [1.54, 1.807) is 24.3 Å². The first-order chi connectivity index (χ1) is 22.4. The summed E-state index contributed by atoms with van der Waals surface area (Å²) in [5.41, 5.74) is 0.932. The largest absolute Gasteiger partial charge is 0.416 e. The number of thiazole rings is 1. The molecule has 3 atom stereocenters. The van der Waals surface area contributed by atoms with E-state index in [9.17, 15) is 32.3 Å². The standard InChI is InChI=1S/C33H28ClF3N4O4S2/c1-3-39(4-2)22-14-8-18(9-15-22)25-26-27(30(44)41(29(26)43)23-7-5-6-19(16-23)33(35,36)37)46-31-28(25)47-32(45)40(31)17-24(42)38-21-12-10-20(34)11-13-21/h5-16,25-27H,3-4,17H2,1-2H3,(H,38,42). The van der Waals surface area contributed by atoms with Crippen molar-refractivity contribution in [1.82, 2.24) is 4.57 Å². The maximum absolute atomic E-state index is 14.1. The fraction of sp³-hybridized carbons (Fsp3) is 0.273. The van der Waals surface area contributed by atoms with Crippen LogP contribution in [0.4, 0.5) is 30.2 Å². The second-order valence-electron chi connectivity index (χ2n) is 11.0. The van der Waals surface area contributed by atoms with Gasteiger partial charge in [-0.2, -0.15) is 13.2 Å². The van der Waals surface area contributed by atoms with Crippen molar-refractivity contribution in [1.29, 1.82) is 0 Å². The Morgan fingerprint density at radius 2 is 1.64 bits per heavy atom. The Morgan fingerprint density at radius 3 is 2.28 bits per heavy atom. The summed E-state index contributed by atoms with van der Waals surface area (Å²) in [6.45, 7) is 5.24. The van der Waals surface area contributed by atoms with Crippen LogP contribution >= 0.6 is 34.7 Å². The number of rotatable bonds is 8. The number of imide groups is 1. The molecule has 2 aliphatic rings. The number of fused-ring (bicyclic) bond motifs is 2. The molecule has 1 saturated heterocycles. The minimum absolute atomic E-state index is 0.177. The van der Waals surface area contributed by atoms with Crippen LogP contribution in [0.5, 0.6) is 0 Å². The van der Waals surface area contributed by atoms with Gasteiger partial charge in [-0.1, -0.05) is 52.9 Å². The van der Waals surface area contributed by atoms with Crippen LogP contribution in [0.3, 0.4) is 0 Å². The van der Waals surface area contributed by atoms with Crippen molar-refractivity contribution in [2.24, 2.45) is 5.92 Å². The number of halogens is 4. The second kappa shape index (κ2) is 12.9. The van der Waals surface area contributed by atoms with E-state index in [0.29, 0.717) is 26.2 Å². The van der Waals surface area contributed by atoms with Gasteiger partial charge in [-0.25, -0.2) is 4.90 Å². The van der Waals surface area contributed by atoms with E-state index in [1.807, 2.05) is 38.1 Å². The van der Waals surface area contributed by atoms with Gasteiger partial charge in [-0.05, 0) is 74.0 Å². The molecule has 0 aliphatic carbocycles. The van der Waals surface area contributed by atoms with Crippen LogP contribution in [0.25, 0.3) is 0 Å². The Morgan fingerprint density at radius 1 is 0.957 bits per heavy atom. The number of alkyl halides is 3. The molecule has 8 nitrogen and oxygen atoms in total. The molecule has 3 amide bonds. The lowest BCUT2D eigenvalue weighted by Crippen LogP contribution is -2.33. The van der Waals surface area contributed by atoms with Crippen molar-refractivity contribution in [2.75, 3.05) is 28.2 Å². The number of hydrogen-bond acceptors (Lipinski definition) is 7. The van der Waals surface area contributed by atoms with Gasteiger partial charge in [0.2, 0.25) is 17.7 Å². The predicted molar refractivity (Wildman–Crippen MR) is 178 cm³/mol. The van der Waals surface area contributed by atoms with Crippen molar-refractivity contribution in [3.63, 3.8) is 0 Å². The van der Waals surface area contributed by atoms with E-state index in [-0.39, 0.29) is 12.2 Å². The normalized spacial score (nSPS) is 19.0. The van der Waals surface area contributed by atoms with Gasteiger partial charge in [0.1, 0.15) is 11.8 Å². The highest BCUT2D eigenvalue weighted by Crippen LogP contribution is 2.54. The van der Waals surface area contributed by atoms with Gasteiger partial charge in [0.15, 0.2) is 0 Å². The van der Waals surface area contributed by atoms with Crippen LogP contribution in [0.15, 0.2) is 82.6 Å². The molecular formula is C33H28ClF3N4O4S2. The predicted octanol–water partition coefficient (Wildman–Crippen LogP) is 6.86. The third-order valence-corrected chi connectivity index (χ3v) is 11.1. The average Bonchev–Trinajstić information content (AvgIpc) is 3.49. The van der Waals surface area contributed by atoms with Gasteiger partial charge in [0, 0.05) is 40.3 Å². The summed E-state index contributed by atoms with van der Waals surface area (Å²) in [6, 6.07) is 18.1. The van der Waals surface area contributed by atoms with Crippen molar-refractivity contribution < 1.29 is 27.6 Å². The summed E-state index contributed by atoms with van der Waals surface area (Å²) < 4.78 is 42.0. The molecule has 0 spiro atoms. The van der Waals surface area contributed by atoms with Gasteiger partial charge in [-0.15, -0.1) is 0 Å². The van der Waals surface area contributed by atoms with E-state index in [1.165, 1.54) is 10.6 Å². The fourth-order valence-electron chi connectivity index (χ4n) is 6.05. The zero-order valence-electron chi connectivity index (χ0n) is 25.1. The van der Waals surface area contributed by atoms with E-state index in [0.717, 1.165) is 65.0 Å². The Kier molecular flexibility index (Phi) is 8.98. The van der Waals surface area contributed by atoms with Crippen molar-refractivity contribution in [2.45, 2.75) is 42.8 Å². The maximum Gasteiger partial charge on any atom is 0.416 e. The number of hydrogen-bond donors (Lipinski definition) is 1. The molecule has 4 aromatic rings. The van der Waals surface area contributed by atoms with Crippen molar-refractivity contribution >= 4 is 69.5 Å². The lowest BCUT2D eigenvalue weighted by molar-refractivity contribution is -0.137. The number of aromatic nitrogens is 1. The molecule has 244 valence electrons. The van der Waals surface area contributed by atoms with Crippen LogP contribution in [0.2, 0.25) is 5.02 Å². The summed E-state index contributed by atoms with van der Waals surface area (Å²) in [5, 5.41) is 2.55. The van der Waals surface area contributed by atoms with E-state index < -0.39 is 51.4 Å². The number of nitrogens with one attached hydrogen (secondary N) is 1. The molecule has 0 bridgehead atoms. The molecule has 3 heterocycles. The minimum atomic E-state index is -4.68. The molecule has 3 aromatic carbocycles. The topological polar surface area (TPSA) is 91.7 Å². The third kappa shape index (κ3) is 6.19. The smallest absolute Gasteiger partial charge is 0.372 e. The number of anilines is 3. The lowest BCUT2D eigenvalue weighted by atomic mass is 9.83. The second-order valence-corrected chi connectivity index (χ2v) is 13.6. The van der Waals surface area contributed by atoms with Gasteiger partial charge >= 0.3 is 11.0 Å². The zero-order chi connectivity index (χ0) is 33.6. The molecule has 47 heavy (non-hydrogen) atoms. The summed E-state index contributed by atoms with van der Waals surface area (Å²) in [5.74, 6) is -3.58. The highest BCUT2D eigenvalue weighted by molar-refractivity contribution is 8.00. The highest BCUT2D eigenvalue weighted by atomic mass is 35.5. The molecule has 6 rings (SSSR count). The summed E-state index contributed by atoms with van der Waals surface area (Å²) in [6.07, 6.45) is -4.68. The number of thioether (sulfide) groups is 1. The molecule has 1 fully saturated rings. The van der Waals surface area contributed by atoms with Gasteiger partial charge in [-0.3, -0.25) is 23.7 Å². The first-order valence-corrected chi connectivity index (χ1v) is 16.8. The SMILES string of the molecule is CCN(CC)c1ccc(C2c3sc(=O)n(CC(=O)Nc4ccc(Cl)cc4)c3SC3C(=O)N(c4cccc(C(F)(F)F)c4)C(=O)C32)cc1. The van der Waals surface area contributed by atoms with Gasteiger partial charge < -0.3 is 10.2 Å². The van der Waals surface area contributed by atoms with Gasteiger partial charge in [0.05, 0.1) is 22.2 Å². The molecule has 14 heteroatoms. The third-order valence-electron chi connectivity index (χ3n) is 8.29. The molecule has 0 radical (unpaired) electrons. The Labute approximate surface area is 281 Å². The molecule has 1 N–H and O–H groups in total. The summed E-state index contributed by atoms with van der Waals surface area (Å²) in [4.78, 5) is 57.6. The fourth-order valence-corrected chi connectivity index (χ4v) is 8.95. The average molecular weight is 701 g/mol. The summed E-state index contributed by atoms with van der Waals surface area (Å²) >= 11 is 7.83. The monoisotopic (exact) mass is 700 g/mol. The Bertz CT molecular complexity index is 1910. The maximum atomic E-state index is 14.1. The van der Waals surface area contributed by atoms with Crippen LogP contribution in [0.1, 0.15) is 35.8 Å². The number of benzene rings is 3. The van der Waals surface area contributed by atoms with Crippen LogP contribution in [-0.2, 0) is 27.1 Å². The molecule has 3 unspecified atom stereocenters. The molecular weight excluding hydrogens is 673 g/mol. The molecule has 0 saturated carbocycles. The van der Waals surface area contributed by atoms with Crippen LogP contribution in [0, 0.1) is 5.92 Å². The molecule has 1 aromatic heterocycles. The van der Waals surface area contributed by atoms with Crippen molar-refractivity contribution in [3.8, 4) is 0 Å². The van der Waals surface area contributed by atoms with E-state index in [4.69, 9.17) is 11.6 Å². The van der Waals surface area contributed by atoms with E-state index >= 15 is 0 Å². The lowest BCUT2D eigenvalue weighted by Gasteiger charge is -2.31.